The molecule has 0 aliphatic heterocycles. The predicted molar refractivity (Wildman–Crippen MR) is 67.3 cm³/mol. The molecule has 0 radical (unpaired) electrons. The van der Waals surface area contributed by atoms with Crippen molar-refractivity contribution in [2.24, 2.45) is 0 Å². The zero-order valence-corrected chi connectivity index (χ0v) is 10.6. The molecule has 0 unspecified atom stereocenters. The van der Waals surface area contributed by atoms with Crippen LogP contribution in [0.25, 0.3) is 0 Å². The summed E-state index contributed by atoms with van der Waals surface area (Å²) < 4.78 is 0. The zero-order valence-electron chi connectivity index (χ0n) is 10.6. The molecule has 0 saturated carbocycles. The summed E-state index contributed by atoms with van der Waals surface area (Å²) in [6.45, 7) is 6.97. The van der Waals surface area contributed by atoms with Crippen LogP contribution in [-0.4, -0.2) is 22.3 Å². The van der Waals surface area contributed by atoms with Gasteiger partial charge in [-0.05, 0) is 45.4 Å². The smallest absolute Gasteiger partial charge is 0.412 e. The highest BCUT2D eigenvalue weighted by atomic mass is 16.4. The number of amides is 1. The summed E-state index contributed by atoms with van der Waals surface area (Å²) in [5, 5.41) is 19.1. The van der Waals surface area contributed by atoms with Crippen LogP contribution in [0, 0.1) is 0 Å². The second kappa shape index (κ2) is 4.75. The molecule has 94 valence electrons. The number of anilines is 1. The normalized spacial score (nSPS) is 11.6. The van der Waals surface area contributed by atoms with Gasteiger partial charge in [0.15, 0.2) is 0 Å². The highest BCUT2D eigenvalue weighted by Crippen LogP contribution is 2.25. The first-order valence-corrected chi connectivity index (χ1v) is 5.58. The lowest BCUT2D eigenvalue weighted by Gasteiger charge is -2.26. The lowest BCUT2D eigenvalue weighted by atomic mass is 9.98. The topological polar surface area (TPSA) is 60.8 Å². The third-order valence-corrected chi connectivity index (χ3v) is 2.55. The molecular weight excluding hydrogens is 218 g/mol. The summed E-state index contributed by atoms with van der Waals surface area (Å²) in [5.74, 6) is 0. The Morgan fingerprint density at radius 1 is 1.35 bits per heavy atom. The highest BCUT2D eigenvalue weighted by molar-refractivity contribution is 5.86. The van der Waals surface area contributed by atoms with E-state index in [4.69, 9.17) is 5.11 Å². The molecule has 4 heteroatoms. The van der Waals surface area contributed by atoms with Crippen molar-refractivity contribution < 1.29 is 15.0 Å². The molecule has 0 aromatic heterocycles. The van der Waals surface area contributed by atoms with Crippen LogP contribution in [0.2, 0.25) is 0 Å². The monoisotopic (exact) mass is 237 g/mol. The Bertz CT molecular complexity index is 407. The fourth-order valence-electron chi connectivity index (χ4n) is 1.67. The van der Waals surface area contributed by atoms with Crippen molar-refractivity contribution in [2.45, 2.75) is 39.3 Å². The maximum absolute atomic E-state index is 11.2. The van der Waals surface area contributed by atoms with Gasteiger partial charge in [0.2, 0.25) is 0 Å². The largest absolute Gasteiger partial charge is 0.465 e. The van der Waals surface area contributed by atoms with Crippen molar-refractivity contribution in [1.82, 2.24) is 0 Å². The van der Waals surface area contributed by atoms with Gasteiger partial charge in [0.05, 0.1) is 5.60 Å². The van der Waals surface area contributed by atoms with Gasteiger partial charge in [-0.1, -0.05) is 12.1 Å². The Kier molecular flexibility index (Phi) is 3.78. The Morgan fingerprint density at radius 2 is 1.94 bits per heavy atom. The number of carbonyl (C=O) groups is 1. The molecule has 0 bridgehead atoms. The van der Waals surface area contributed by atoms with E-state index in [1.165, 1.54) is 4.90 Å². The molecule has 0 atom stereocenters. The van der Waals surface area contributed by atoms with E-state index >= 15 is 0 Å². The Hall–Kier alpha value is -1.55. The molecule has 1 amide bonds. The minimum Gasteiger partial charge on any atom is -0.465 e. The summed E-state index contributed by atoms with van der Waals surface area (Å²) in [6.07, 6.45) is -0.993. The second-order valence-electron chi connectivity index (χ2n) is 4.86. The molecular formula is C13H19NO3. The number of aliphatic hydroxyl groups is 1. The molecule has 4 nitrogen and oxygen atoms in total. The standard InChI is InChI=1S/C13H19NO3/c1-9(2)14(12(15)16)11-7-5-6-10(8-11)13(3,4)17/h5-9,17H,1-4H3,(H,15,16). The Labute approximate surface area is 101 Å². The molecule has 1 rings (SSSR count). The molecule has 0 aliphatic rings. The highest BCUT2D eigenvalue weighted by Gasteiger charge is 2.21. The predicted octanol–water partition coefficient (Wildman–Crippen LogP) is 2.81. The van der Waals surface area contributed by atoms with Gasteiger partial charge in [-0.3, -0.25) is 4.90 Å². The lowest BCUT2D eigenvalue weighted by Crippen LogP contribution is -2.35. The first-order chi connectivity index (χ1) is 7.73. The summed E-state index contributed by atoms with van der Waals surface area (Å²) in [7, 11) is 0. The van der Waals surface area contributed by atoms with E-state index in [2.05, 4.69) is 0 Å². The second-order valence-corrected chi connectivity index (χ2v) is 4.86. The van der Waals surface area contributed by atoms with Crippen LogP contribution in [0.1, 0.15) is 33.3 Å². The van der Waals surface area contributed by atoms with E-state index in [1.807, 2.05) is 13.8 Å². The molecule has 0 spiro atoms. The van der Waals surface area contributed by atoms with Crippen molar-refractivity contribution in [1.29, 1.82) is 0 Å². The van der Waals surface area contributed by atoms with Gasteiger partial charge in [-0.2, -0.15) is 0 Å². The van der Waals surface area contributed by atoms with Crippen LogP contribution in [0.15, 0.2) is 24.3 Å². The van der Waals surface area contributed by atoms with Gasteiger partial charge in [0.25, 0.3) is 0 Å². The number of rotatable bonds is 3. The maximum Gasteiger partial charge on any atom is 0.412 e. The summed E-state index contributed by atoms with van der Waals surface area (Å²) >= 11 is 0. The van der Waals surface area contributed by atoms with E-state index in [9.17, 15) is 9.90 Å². The van der Waals surface area contributed by atoms with Gasteiger partial charge >= 0.3 is 6.09 Å². The van der Waals surface area contributed by atoms with Gasteiger partial charge in [0.1, 0.15) is 0 Å². The first-order valence-electron chi connectivity index (χ1n) is 5.58. The molecule has 2 N–H and O–H groups in total. The third kappa shape index (κ3) is 3.20. The van der Waals surface area contributed by atoms with E-state index in [0.717, 1.165) is 0 Å². The van der Waals surface area contributed by atoms with Gasteiger partial charge < -0.3 is 10.2 Å². The molecule has 0 aliphatic carbocycles. The van der Waals surface area contributed by atoms with Gasteiger partial charge in [0, 0.05) is 11.7 Å². The fourth-order valence-corrected chi connectivity index (χ4v) is 1.67. The molecule has 17 heavy (non-hydrogen) atoms. The van der Waals surface area contributed by atoms with Crippen LogP contribution in [0.3, 0.4) is 0 Å². The summed E-state index contributed by atoms with van der Waals surface area (Å²) in [4.78, 5) is 12.4. The SMILES string of the molecule is CC(C)N(C(=O)O)c1cccc(C(C)(C)O)c1. The number of nitrogens with zero attached hydrogens (tertiary/aromatic N) is 1. The maximum atomic E-state index is 11.2. The summed E-state index contributed by atoms with van der Waals surface area (Å²) in [5.41, 5.74) is 0.297. The minimum atomic E-state index is -0.993. The van der Waals surface area contributed by atoms with E-state index in [0.29, 0.717) is 11.3 Å². The van der Waals surface area contributed by atoms with Crippen molar-refractivity contribution >= 4 is 11.8 Å². The fraction of sp³-hybridized carbons (Fsp3) is 0.462. The van der Waals surface area contributed by atoms with E-state index in [1.54, 1.807) is 38.1 Å². The van der Waals surface area contributed by atoms with Crippen LogP contribution in [0.4, 0.5) is 10.5 Å². The number of hydrogen-bond donors (Lipinski definition) is 2. The van der Waals surface area contributed by atoms with E-state index in [-0.39, 0.29) is 6.04 Å². The number of carboxylic acid groups (broad SMARTS) is 1. The summed E-state index contributed by atoms with van der Waals surface area (Å²) in [6, 6.07) is 6.81. The van der Waals surface area contributed by atoms with E-state index < -0.39 is 11.7 Å². The quantitative estimate of drug-likeness (QED) is 0.849. The van der Waals surface area contributed by atoms with Crippen LogP contribution in [-0.2, 0) is 5.60 Å². The average molecular weight is 237 g/mol. The number of benzene rings is 1. The van der Waals surface area contributed by atoms with Crippen molar-refractivity contribution in [2.75, 3.05) is 4.90 Å². The van der Waals surface area contributed by atoms with Crippen LogP contribution < -0.4 is 4.90 Å². The molecule has 0 heterocycles. The van der Waals surface area contributed by atoms with Crippen molar-refractivity contribution in [3.05, 3.63) is 29.8 Å². The zero-order chi connectivity index (χ0) is 13.2. The van der Waals surface area contributed by atoms with Gasteiger partial charge in [-0.25, -0.2) is 4.79 Å². The third-order valence-electron chi connectivity index (χ3n) is 2.55. The van der Waals surface area contributed by atoms with Crippen LogP contribution in [0.5, 0.6) is 0 Å². The molecule has 1 aromatic carbocycles. The average Bonchev–Trinajstić information content (AvgIpc) is 2.15. The van der Waals surface area contributed by atoms with Crippen molar-refractivity contribution in [3.8, 4) is 0 Å². The number of hydrogen-bond acceptors (Lipinski definition) is 2. The molecule has 0 fully saturated rings. The Balaban J connectivity index is 3.18. The van der Waals surface area contributed by atoms with Crippen LogP contribution >= 0.6 is 0 Å². The molecule has 0 saturated heterocycles. The molecule has 1 aromatic rings. The first kappa shape index (κ1) is 13.5. The van der Waals surface area contributed by atoms with Gasteiger partial charge in [-0.15, -0.1) is 0 Å². The minimum absolute atomic E-state index is 0.149. The Morgan fingerprint density at radius 3 is 2.35 bits per heavy atom. The lowest BCUT2D eigenvalue weighted by molar-refractivity contribution is 0.0786. The van der Waals surface area contributed by atoms with Crippen molar-refractivity contribution in [3.63, 3.8) is 0 Å².